The van der Waals surface area contributed by atoms with Gasteiger partial charge in [-0.25, -0.2) is 9.67 Å². The van der Waals surface area contributed by atoms with Gasteiger partial charge in [-0.15, -0.1) is 5.10 Å². The summed E-state index contributed by atoms with van der Waals surface area (Å²) in [5, 5.41) is 20.7. The zero-order valence-corrected chi connectivity index (χ0v) is 11.8. The maximum atomic E-state index is 11.3. The van der Waals surface area contributed by atoms with E-state index in [2.05, 4.69) is 20.5 Å². The van der Waals surface area contributed by atoms with Gasteiger partial charge in [0.2, 0.25) is 5.82 Å². The Kier molecular flexibility index (Phi) is 4.11. The summed E-state index contributed by atoms with van der Waals surface area (Å²) in [4.78, 5) is 15.5. The lowest BCUT2D eigenvalue weighted by atomic mass is 9.97. The van der Waals surface area contributed by atoms with E-state index in [9.17, 15) is 9.90 Å². The molecule has 2 rings (SSSR count). The quantitative estimate of drug-likeness (QED) is 0.840. The lowest BCUT2D eigenvalue weighted by Gasteiger charge is -2.14. The van der Waals surface area contributed by atoms with Crippen LogP contribution in [0.5, 0.6) is 0 Å². The Morgan fingerprint density at radius 2 is 2.20 bits per heavy atom. The van der Waals surface area contributed by atoms with Gasteiger partial charge in [0, 0.05) is 13.2 Å². The van der Waals surface area contributed by atoms with Crippen LogP contribution in [0.4, 0.5) is 0 Å². The van der Waals surface area contributed by atoms with Crippen molar-refractivity contribution < 1.29 is 9.90 Å². The molecule has 8 nitrogen and oxygen atoms in total. The van der Waals surface area contributed by atoms with E-state index in [1.165, 1.54) is 4.68 Å². The van der Waals surface area contributed by atoms with E-state index >= 15 is 0 Å². The first kappa shape index (κ1) is 14.2. The molecule has 108 valence electrons. The summed E-state index contributed by atoms with van der Waals surface area (Å²) in [6.07, 6.45) is 4.02. The van der Waals surface area contributed by atoms with Crippen LogP contribution in [0.3, 0.4) is 0 Å². The maximum absolute atomic E-state index is 11.3. The van der Waals surface area contributed by atoms with E-state index < -0.39 is 11.9 Å². The minimum atomic E-state index is -0.832. The molecule has 0 aliphatic rings. The SMILES string of the molecule is CC(C)CC(Cn1nnnc1-c1cn(C)cn1)C(=O)O. The number of hydrogen-bond donors (Lipinski definition) is 1. The van der Waals surface area contributed by atoms with Crippen LogP contribution >= 0.6 is 0 Å². The summed E-state index contributed by atoms with van der Waals surface area (Å²) in [6.45, 7) is 4.23. The number of aryl methyl sites for hydroxylation is 1. The van der Waals surface area contributed by atoms with Gasteiger partial charge in [0.25, 0.3) is 0 Å². The van der Waals surface area contributed by atoms with Crippen LogP contribution in [0.1, 0.15) is 20.3 Å². The number of nitrogens with zero attached hydrogens (tertiary/aromatic N) is 6. The summed E-state index contributed by atoms with van der Waals surface area (Å²) in [5.41, 5.74) is 0.631. The van der Waals surface area contributed by atoms with E-state index in [0.717, 1.165) is 0 Å². The number of tetrazole rings is 1. The largest absolute Gasteiger partial charge is 0.481 e. The van der Waals surface area contributed by atoms with Crippen molar-refractivity contribution in [2.45, 2.75) is 26.8 Å². The number of carbonyl (C=O) groups is 1. The average molecular weight is 278 g/mol. The van der Waals surface area contributed by atoms with Crippen LogP contribution < -0.4 is 0 Å². The highest BCUT2D eigenvalue weighted by molar-refractivity contribution is 5.70. The van der Waals surface area contributed by atoms with Crippen LogP contribution in [0.15, 0.2) is 12.5 Å². The minimum absolute atomic E-state index is 0.242. The highest BCUT2D eigenvalue weighted by Crippen LogP contribution is 2.18. The second-order valence-corrected chi connectivity index (χ2v) is 5.27. The number of imidazole rings is 1. The van der Waals surface area contributed by atoms with Crippen molar-refractivity contribution in [2.75, 3.05) is 0 Å². The topological polar surface area (TPSA) is 98.7 Å². The summed E-state index contributed by atoms with van der Waals surface area (Å²) in [7, 11) is 1.85. The van der Waals surface area contributed by atoms with Gasteiger partial charge in [0.1, 0.15) is 5.69 Å². The Labute approximate surface area is 116 Å². The first-order valence-corrected chi connectivity index (χ1v) is 6.44. The highest BCUT2D eigenvalue weighted by Gasteiger charge is 2.22. The molecule has 0 radical (unpaired) electrons. The van der Waals surface area contributed by atoms with Gasteiger partial charge in [0.15, 0.2) is 0 Å². The Hall–Kier alpha value is -2.25. The first-order chi connectivity index (χ1) is 9.47. The maximum Gasteiger partial charge on any atom is 0.308 e. The second kappa shape index (κ2) is 5.81. The van der Waals surface area contributed by atoms with Gasteiger partial charge in [-0.3, -0.25) is 4.79 Å². The van der Waals surface area contributed by atoms with Crippen LogP contribution in [-0.4, -0.2) is 40.8 Å². The lowest BCUT2D eigenvalue weighted by Crippen LogP contribution is -2.23. The van der Waals surface area contributed by atoms with E-state index in [1.807, 2.05) is 20.9 Å². The fraction of sp³-hybridized carbons (Fsp3) is 0.583. The zero-order chi connectivity index (χ0) is 14.7. The molecular weight excluding hydrogens is 260 g/mol. The van der Waals surface area contributed by atoms with Crippen LogP contribution in [0.2, 0.25) is 0 Å². The first-order valence-electron chi connectivity index (χ1n) is 6.44. The van der Waals surface area contributed by atoms with Crippen LogP contribution in [0, 0.1) is 11.8 Å². The van der Waals surface area contributed by atoms with Crippen molar-refractivity contribution in [2.24, 2.45) is 18.9 Å². The number of carboxylic acid groups (broad SMARTS) is 1. The number of hydrogen-bond acceptors (Lipinski definition) is 5. The van der Waals surface area contributed by atoms with Gasteiger partial charge >= 0.3 is 5.97 Å². The molecule has 1 N–H and O–H groups in total. The smallest absolute Gasteiger partial charge is 0.308 e. The normalized spacial score (nSPS) is 12.8. The fourth-order valence-electron chi connectivity index (χ4n) is 2.07. The highest BCUT2D eigenvalue weighted by atomic mass is 16.4. The molecule has 0 aliphatic heterocycles. The van der Waals surface area contributed by atoms with Gasteiger partial charge in [-0.1, -0.05) is 13.8 Å². The Morgan fingerprint density at radius 1 is 1.45 bits per heavy atom. The molecule has 2 aromatic heterocycles. The molecule has 2 heterocycles. The van der Waals surface area contributed by atoms with Crippen molar-refractivity contribution >= 4 is 5.97 Å². The number of rotatable bonds is 6. The summed E-state index contributed by atoms with van der Waals surface area (Å²) < 4.78 is 3.29. The van der Waals surface area contributed by atoms with E-state index in [0.29, 0.717) is 23.9 Å². The monoisotopic (exact) mass is 278 g/mol. The molecule has 0 fully saturated rings. The molecular formula is C12H18N6O2. The van der Waals surface area contributed by atoms with Crippen LogP contribution in [0.25, 0.3) is 11.5 Å². The molecule has 0 amide bonds. The molecule has 8 heteroatoms. The van der Waals surface area contributed by atoms with Crippen molar-refractivity contribution in [3.05, 3.63) is 12.5 Å². The molecule has 20 heavy (non-hydrogen) atoms. The molecule has 1 unspecified atom stereocenters. The van der Waals surface area contributed by atoms with Gasteiger partial charge in [0.05, 0.1) is 18.8 Å². The molecule has 2 aromatic rings. The molecule has 0 aliphatic carbocycles. The average Bonchev–Trinajstić information content (AvgIpc) is 2.96. The Morgan fingerprint density at radius 3 is 2.75 bits per heavy atom. The lowest BCUT2D eigenvalue weighted by molar-refractivity contribution is -0.142. The molecule has 0 saturated heterocycles. The number of aliphatic carboxylic acids is 1. The molecule has 1 atom stereocenters. The second-order valence-electron chi connectivity index (χ2n) is 5.27. The van der Waals surface area contributed by atoms with Crippen molar-refractivity contribution in [1.82, 2.24) is 29.8 Å². The molecule has 0 saturated carbocycles. The summed E-state index contributed by atoms with van der Waals surface area (Å²) in [6, 6.07) is 0. The molecule has 0 spiro atoms. The third kappa shape index (κ3) is 3.19. The fourth-order valence-corrected chi connectivity index (χ4v) is 2.07. The summed E-state index contributed by atoms with van der Waals surface area (Å²) >= 11 is 0. The van der Waals surface area contributed by atoms with Crippen molar-refractivity contribution in [1.29, 1.82) is 0 Å². The third-order valence-corrected chi connectivity index (χ3v) is 2.96. The Bertz CT molecular complexity index is 588. The van der Waals surface area contributed by atoms with E-state index in [-0.39, 0.29) is 6.54 Å². The predicted octanol–water partition coefficient (Wildman–Crippen LogP) is 0.820. The number of carboxylic acids is 1. The number of aromatic nitrogens is 6. The Balaban J connectivity index is 2.21. The zero-order valence-electron chi connectivity index (χ0n) is 11.8. The van der Waals surface area contributed by atoms with E-state index in [1.54, 1.807) is 17.1 Å². The van der Waals surface area contributed by atoms with Gasteiger partial charge in [-0.05, 0) is 22.8 Å². The minimum Gasteiger partial charge on any atom is -0.481 e. The van der Waals surface area contributed by atoms with Crippen LogP contribution in [-0.2, 0) is 18.4 Å². The molecule has 0 aromatic carbocycles. The molecule has 0 bridgehead atoms. The van der Waals surface area contributed by atoms with Crippen molar-refractivity contribution in [3.63, 3.8) is 0 Å². The predicted molar refractivity (Wildman–Crippen MR) is 70.6 cm³/mol. The van der Waals surface area contributed by atoms with Crippen molar-refractivity contribution in [3.8, 4) is 11.5 Å². The standard InChI is InChI=1S/C12H18N6O2/c1-8(2)4-9(12(19)20)5-18-11(14-15-16-18)10-6-17(3)7-13-10/h6-9H,4-5H2,1-3H3,(H,19,20). The van der Waals surface area contributed by atoms with Gasteiger partial charge < -0.3 is 9.67 Å². The summed E-state index contributed by atoms with van der Waals surface area (Å²) in [5.74, 6) is -0.561. The third-order valence-electron chi connectivity index (χ3n) is 2.96. The van der Waals surface area contributed by atoms with E-state index in [4.69, 9.17) is 0 Å². The van der Waals surface area contributed by atoms with Gasteiger partial charge in [-0.2, -0.15) is 0 Å².